The van der Waals surface area contributed by atoms with Gasteiger partial charge in [-0.15, -0.1) is 0 Å². The van der Waals surface area contributed by atoms with Crippen LogP contribution in [0.2, 0.25) is 0 Å². The molecule has 0 atom stereocenters. The van der Waals surface area contributed by atoms with Crippen LogP contribution in [-0.2, 0) is 0 Å². The first-order chi connectivity index (χ1) is 12.5. The molecule has 0 aliphatic carbocycles. The summed E-state index contributed by atoms with van der Waals surface area (Å²) in [5, 5.41) is 0. The van der Waals surface area contributed by atoms with Gasteiger partial charge in [-0.2, -0.15) is 0 Å². The third kappa shape index (κ3) is 3.94. The van der Waals surface area contributed by atoms with Crippen LogP contribution in [0.15, 0.2) is 64.1 Å². The minimum absolute atomic E-state index is 0.139. The van der Waals surface area contributed by atoms with E-state index in [0.29, 0.717) is 5.56 Å². The summed E-state index contributed by atoms with van der Waals surface area (Å²) in [6.45, 7) is 5.96. The van der Waals surface area contributed by atoms with E-state index in [1.807, 2.05) is 69.5 Å². The molecule has 1 N–H and O–H groups in total. The number of hydrogen-bond acceptors (Lipinski definition) is 2. The monoisotopic (exact) mass is 409 g/mol. The summed E-state index contributed by atoms with van der Waals surface area (Å²) in [5.74, 6) is -0.139. The van der Waals surface area contributed by atoms with Gasteiger partial charge < -0.3 is 0 Å². The van der Waals surface area contributed by atoms with Gasteiger partial charge in [-0.1, -0.05) is 34.1 Å². The standard InChI is InChI=1S/C21H20BrN3O/c1-14-11-19(9-10-20(14)22)23-13-18-12-15(2)25(16(18)3)24-21(26)17-7-5-4-6-8-17/h4-13H,1-3H3,(H,24,26). The Morgan fingerprint density at radius 2 is 1.81 bits per heavy atom. The molecule has 132 valence electrons. The van der Waals surface area contributed by atoms with Gasteiger partial charge in [-0.25, -0.2) is 0 Å². The van der Waals surface area contributed by atoms with Crippen LogP contribution in [0.25, 0.3) is 0 Å². The molecule has 0 saturated carbocycles. The molecule has 5 heteroatoms. The molecule has 1 aromatic heterocycles. The first kappa shape index (κ1) is 18.1. The molecule has 0 aliphatic heterocycles. The zero-order chi connectivity index (χ0) is 18.7. The number of aryl methyl sites for hydroxylation is 2. The maximum atomic E-state index is 12.4. The summed E-state index contributed by atoms with van der Waals surface area (Å²) in [6, 6.07) is 17.2. The predicted octanol–water partition coefficient (Wildman–Crippen LogP) is 5.31. The first-order valence-corrected chi connectivity index (χ1v) is 9.10. The fraction of sp³-hybridized carbons (Fsp3) is 0.143. The lowest BCUT2D eigenvalue weighted by Crippen LogP contribution is -2.24. The topological polar surface area (TPSA) is 46.4 Å². The van der Waals surface area contributed by atoms with E-state index in [1.54, 1.807) is 16.8 Å². The van der Waals surface area contributed by atoms with Crippen LogP contribution in [0.5, 0.6) is 0 Å². The van der Waals surface area contributed by atoms with Gasteiger partial charge in [0.1, 0.15) is 0 Å². The maximum absolute atomic E-state index is 12.4. The van der Waals surface area contributed by atoms with Gasteiger partial charge in [0, 0.05) is 33.2 Å². The Labute approximate surface area is 161 Å². The van der Waals surface area contributed by atoms with Gasteiger partial charge >= 0.3 is 0 Å². The third-order valence-electron chi connectivity index (χ3n) is 4.21. The molecule has 1 amide bonds. The van der Waals surface area contributed by atoms with E-state index in [1.165, 1.54) is 0 Å². The zero-order valence-electron chi connectivity index (χ0n) is 15.0. The SMILES string of the molecule is Cc1cc(N=Cc2cc(C)n(NC(=O)c3ccccc3)c2C)ccc1Br. The fourth-order valence-corrected chi connectivity index (χ4v) is 2.95. The molecule has 1 heterocycles. The van der Waals surface area contributed by atoms with Crippen LogP contribution in [0.3, 0.4) is 0 Å². The molecule has 4 nitrogen and oxygen atoms in total. The lowest BCUT2D eigenvalue weighted by molar-refractivity contribution is 0.101. The summed E-state index contributed by atoms with van der Waals surface area (Å²) in [5.41, 5.74) is 8.45. The van der Waals surface area contributed by atoms with Gasteiger partial charge in [-0.3, -0.25) is 19.9 Å². The quantitative estimate of drug-likeness (QED) is 0.582. The number of hydrogen-bond donors (Lipinski definition) is 1. The average molecular weight is 410 g/mol. The molecule has 0 aliphatic rings. The summed E-state index contributed by atoms with van der Waals surface area (Å²) in [7, 11) is 0. The Hall–Kier alpha value is -2.66. The number of benzene rings is 2. The highest BCUT2D eigenvalue weighted by Crippen LogP contribution is 2.22. The van der Waals surface area contributed by atoms with E-state index < -0.39 is 0 Å². The van der Waals surface area contributed by atoms with Gasteiger partial charge in [-0.05, 0) is 62.7 Å². The number of aliphatic imine (C=N–C) groups is 1. The summed E-state index contributed by atoms with van der Waals surface area (Å²) in [6.07, 6.45) is 1.83. The van der Waals surface area contributed by atoms with E-state index in [4.69, 9.17) is 0 Å². The summed E-state index contributed by atoms with van der Waals surface area (Å²) < 4.78 is 2.86. The van der Waals surface area contributed by atoms with Gasteiger partial charge in [0.05, 0.1) is 5.69 Å². The van der Waals surface area contributed by atoms with E-state index in [-0.39, 0.29) is 5.91 Å². The largest absolute Gasteiger partial charge is 0.270 e. The smallest absolute Gasteiger partial charge is 0.267 e. The predicted molar refractivity (Wildman–Crippen MR) is 110 cm³/mol. The lowest BCUT2D eigenvalue weighted by Gasteiger charge is -2.11. The summed E-state index contributed by atoms with van der Waals surface area (Å²) >= 11 is 3.50. The fourth-order valence-electron chi connectivity index (χ4n) is 2.70. The van der Waals surface area contributed by atoms with E-state index >= 15 is 0 Å². The maximum Gasteiger partial charge on any atom is 0.270 e. The van der Waals surface area contributed by atoms with Crippen molar-refractivity contribution in [2.45, 2.75) is 20.8 Å². The molecule has 3 rings (SSSR count). The Balaban J connectivity index is 1.82. The summed E-state index contributed by atoms with van der Waals surface area (Å²) in [4.78, 5) is 17.0. The van der Waals surface area contributed by atoms with Crippen molar-refractivity contribution in [2.24, 2.45) is 4.99 Å². The van der Waals surface area contributed by atoms with Crippen LogP contribution < -0.4 is 5.43 Å². The van der Waals surface area contributed by atoms with Crippen molar-refractivity contribution in [1.82, 2.24) is 4.68 Å². The van der Waals surface area contributed by atoms with E-state index in [9.17, 15) is 4.79 Å². The van der Waals surface area contributed by atoms with Crippen LogP contribution in [0.1, 0.15) is 32.9 Å². The zero-order valence-corrected chi connectivity index (χ0v) is 16.5. The normalized spacial score (nSPS) is 11.1. The number of amides is 1. The van der Waals surface area contributed by atoms with Crippen molar-refractivity contribution >= 4 is 33.7 Å². The number of halogens is 1. The molecule has 0 bridgehead atoms. The van der Waals surface area contributed by atoms with E-state index in [2.05, 4.69) is 26.3 Å². The second-order valence-corrected chi connectivity index (χ2v) is 7.01. The van der Waals surface area contributed by atoms with Crippen molar-refractivity contribution in [3.8, 4) is 0 Å². The van der Waals surface area contributed by atoms with Gasteiger partial charge in [0.2, 0.25) is 0 Å². The molecule has 26 heavy (non-hydrogen) atoms. The van der Waals surface area contributed by atoms with Crippen molar-refractivity contribution in [1.29, 1.82) is 0 Å². The van der Waals surface area contributed by atoms with Crippen molar-refractivity contribution in [3.05, 3.63) is 87.1 Å². The van der Waals surface area contributed by atoms with Gasteiger partial charge in [0.15, 0.2) is 0 Å². The highest BCUT2D eigenvalue weighted by molar-refractivity contribution is 9.10. The Morgan fingerprint density at radius 1 is 1.08 bits per heavy atom. The van der Waals surface area contributed by atoms with E-state index in [0.717, 1.165) is 32.7 Å². The van der Waals surface area contributed by atoms with Crippen molar-refractivity contribution < 1.29 is 4.79 Å². The molecular formula is C21H20BrN3O. The third-order valence-corrected chi connectivity index (χ3v) is 5.10. The second kappa shape index (κ2) is 7.70. The van der Waals surface area contributed by atoms with Crippen LogP contribution >= 0.6 is 15.9 Å². The van der Waals surface area contributed by atoms with Crippen molar-refractivity contribution in [2.75, 3.05) is 5.43 Å². The minimum atomic E-state index is -0.139. The van der Waals surface area contributed by atoms with Crippen LogP contribution in [0, 0.1) is 20.8 Å². The van der Waals surface area contributed by atoms with Gasteiger partial charge in [0.25, 0.3) is 5.91 Å². The molecule has 0 saturated heterocycles. The number of nitrogens with zero attached hydrogens (tertiary/aromatic N) is 2. The number of nitrogens with one attached hydrogen (secondary N) is 1. The minimum Gasteiger partial charge on any atom is -0.267 e. The average Bonchev–Trinajstić information content (AvgIpc) is 2.91. The highest BCUT2D eigenvalue weighted by Gasteiger charge is 2.11. The number of aromatic nitrogens is 1. The van der Waals surface area contributed by atoms with Crippen LogP contribution in [0.4, 0.5) is 5.69 Å². The number of carbonyl (C=O) groups is 1. The number of carbonyl (C=O) groups excluding carboxylic acids is 1. The molecule has 3 aromatic rings. The lowest BCUT2D eigenvalue weighted by atomic mass is 10.2. The number of rotatable bonds is 4. The molecule has 2 aromatic carbocycles. The van der Waals surface area contributed by atoms with Crippen LogP contribution in [-0.4, -0.2) is 16.8 Å². The second-order valence-electron chi connectivity index (χ2n) is 6.16. The Kier molecular flexibility index (Phi) is 5.38. The molecule has 0 spiro atoms. The highest BCUT2D eigenvalue weighted by atomic mass is 79.9. The molecule has 0 fully saturated rings. The van der Waals surface area contributed by atoms with Crippen molar-refractivity contribution in [3.63, 3.8) is 0 Å². The molecule has 0 unspecified atom stereocenters. The Morgan fingerprint density at radius 3 is 2.50 bits per heavy atom. The first-order valence-electron chi connectivity index (χ1n) is 8.31. The molecule has 0 radical (unpaired) electrons. The molecular weight excluding hydrogens is 390 g/mol. The Bertz CT molecular complexity index is 974.